The van der Waals surface area contributed by atoms with Crippen molar-refractivity contribution in [3.63, 3.8) is 0 Å². The highest BCUT2D eigenvalue weighted by atomic mass is 16.6. The Bertz CT molecular complexity index is 1240. The van der Waals surface area contributed by atoms with Crippen molar-refractivity contribution in [1.29, 1.82) is 0 Å². The normalized spacial score (nSPS) is 16.2. The molecule has 1 aliphatic rings. The number of nitrogens with zero attached hydrogens (tertiary/aromatic N) is 1. The molecule has 4 atom stereocenters. The largest absolute Gasteiger partial charge is 0.462 e. The average Bonchev–Trinajstić information content (AvgIpc) is 3.52. The Hall–Kier alpha value is -4.44. The number of hydrogen-bond acceptors (Lipinski definition) is 7. The number of hydrogen-bond donors (Lipinski definition) is 3. The van der Waals surface area contributed by atoms with E-state index in [-0.39, 0.29) is 56.9 Å². The summed E-state index contributed by atoms with van der Waals surface area (Å²) in [5, 5.41) is 15.1. The number of aliphatic hydroxyl groups is 1. The van der Waals surface area contributed by atoms with E-state index in [1.807, 2.05) is 60.7 Å². The van der Waals surface area contributed by atoms with Crippen LogP contribution in [0.2, 0.25) is 0 Å². The Morgan fingerprint density at radius 2 is 1.59 bits per heavy atom. The van der Waals surface area contributed by atoms with Crippen molar-refractivity contribution in [2.24, 2.45) is 5.92 Å². The Labute approximate surface area is 259 Å². The van der Waals surface area contributed by atoms with E-state index in [1.54, 1.807) is 11.0 Å². The summed E-state index contributed by atoms with van der Waals surface area (Å²) in [4.78, 5) is 53.6. The number of nitrogens with one attached hydrogen (secondary N) is 2. The minimum absolute atomic E-state index is 0.0252. The van der Waals surface area contributed by atoms with Crippen LogP contribution in [0.4, 0.5) is 4.79 Å². The first-order valence-electron chi connectivity index (χ1n) is 14.9. The third-order valence-electron chi connectivity index (χ3n) is 7.44. The first-order valence-corrected chi connectivity index (χ1v) is 14.9. The second-order valence-corrected chi connectivity index (χ2v) is 10.8. The van der Waals surface area contributed by atoms with Crippen LogP contribution in [0.3, 0.4) is 0 Å². The molecule has 2 aromatic carbocycles. The van der Waals surface area contributed by atoms with E-state index in [0.29, 0.717) is 13.0 Å². The average molecular weight is 606 g/mol. The lowest BCUT2D eigenvalue weighted by atomic mass is 9.98. The van der Waals surface area contributed by atoms with Crippen LogP contribution in [0.25, 0.3) is 0 Å². The summed E-state index contributed by atoms with van der Waals surface area (Å²) in [6.07, 6.45) is 4.60. The fourth-order valence-electron chi connectivity index (χ4n) is 5.11. The van der Waals surface area contributed by atoms with Crippen molar-refractivity contribution in [2.75, 3.05) is 19.8 Å². The van der Waals surface area contributed by atoms with Gasteiger partial charge in [-0.25, -0.2) is 9.59 Å². The zero-order valence-corrected chi connectivity index (χ0v) is 25.1. The summed E-state index contributed by atoms with van der Waals surface area (Å²) in [5.41, 5.74) is 1.72. The van der Waals surface area contributed by atoms with Gasteiger partial charge in [-0.2, -0.15) is 0 Å². The maximum Gasteiger partial charge on any atom is 0.408 e. The lowest BCUT2D eigenvalue weighted by molar-refractivity contribution is -0.147. The Balaban J connectivity index is 1.63. The van der Waals surface area contributed by atoms with Gasteiger partial charge in [0.15, 0.2) is 0 Å². The first-order chi connectivity index (χ1) is 21.3. The van der Waals surface area contributed by atoms with Crippen molar-refractivity contribution in [1.82, 2.24) is 15.5 Å². The summed E-state index contributed by atoms with van der Waals surface area (Å²) in [5.74, 6) is -1.92. The van der Waals surface area contributed by atoms with Gasteiger partial charge in [-0.1, -0.05) is 72.8 Å². The second-order valence-electron chi connectivity index (χ2n) is 10.8. The van der Waals surface area contributed by atoms with Crippen LogP contribution in [0.15, 0.2) is 86.0 Å². The number of benzene rings is 2. The molecule has 1 heterocycles. The van der Waals surface area contributed by atoms with Gasteiger partial charge in [0.2, 0.25) is 11.8 Å². The predicted octanol–water partition coefficient (Wildman–Crippen LogP) is 3.69. The Morgan fingerprint density at radius 3 is 2.23 bits per heavy atom. The molecule has 0 aliphatic carbocycles. The van der Waals surface area contributed by atoms with Gasteiger partial charge in [0.1, 0.15) is 19.3 Å². The topological polar surface area (TPSA) is 134 Å². The number of likely N-dealkylation sites (tertiary alicyclic amines) is 1. The van der Waals surface area contributed by atoms with Gasteiger partial charge in [-0.15, -0.1) is 13.2 Å². The van der Waals surface area contributed by atoms with Gasteiger partial charge in [-0.05, 0) is 43.2 Å². The quantitative estimate of drug-likeness (QED) is 0.185. The van der Waals surface area contributed by atoms with Gasteiger partial charge in [-0.3, -0.25) is 9.59 Å². The molecular formula is C34H43N3O7. The number of ether oxygens (including phenoxy) is 2. The Morgan fingerprint density at radius 1 is 0.932 bits per heavy atom. The summed E-state index contributed by atoms with van der Waals surface area (Å²) in [6, 6.07) is 16.7. The molecule has 3 N–H and O–H groups in total. The van der Waals surface area contributed by atoms with E-state index in [1.165, 1.54) is 6.08 Å². The lowest BCUT2D eigenvalue weighted by Gasteiger charge is -2.26. The van der Waals surface area contributed by atoms with Gasteiger partial charge >= 0.3 is 12.1 Å². The van der Waals surface area contributed by atoms with Crippen molar-refractivity contribution in [3.05, 3.63) is 97.1 Å². The van der Waals surface area contributed by atoms with Crippen LogP contribution in [0.1, 0.15) is 43.2 Å². The molecule has 1 aliphatic heterocycles. The zero-order valence-electron chi connectivity index (χ0n) is 25.1. The van der Waals surface area contributed by atoms with Crippen LogP contribution in [0, 0.1) is 5.92 Å². The van der Waals surface area contributed by atoms with E-state index in [0.717, 1.165) is 24.0 Å². The fraction of sp³-hybridized carbons (Fsp3) is 0.412. The molecular weight excluding hydrogens is 562 g/mol. The number of allylic oxidation sites excluding steroid dienone is 1. The molecule has 0 spiro atoms. The third kappa shape index (κ3) is 11.0. The number of rotatable bonds is 17. The summed E-state index contributed by atoms with van der Waals surface area (Å²) >= 11 is 0. The molecule has 0 aromatic heterocycles. The summed E-state index contributed by atoms with van der Waals surface area (Å²) in [7, 11) is 0. The standard InChI is InChI=1S/C34H43N3O7/c1-3-12-27(21-31(39)37-19-11-18-29(37)22-38)32(40)35-28(20-25-14-7-5-8-15-25)24-43-33(41)30(13-4-2)36-34(42)44-23-26-16-9-6-10-17-26/h3-10,14-17,27-30,38H,1-2,11-13,18-24H2,(H,35,40)(H,36,42). The number of esters is 1. The van der Waals surface area contributed by atoms with Crippen molar-refractivity contribution in [2.45, 2.75) is 63.3 Å². The SMILES string of the molecule is C=CCC(CC(=O)N1CCCC1CO)C(=O)NC(COC(=O)C(CC=C)NC(=O)OCc1ccccc1)Cc1ccccc1. The molecule has 236 valence electrons. The molecule has 0 radical (unpaired) electrons. The van der Waals surface area contributed by atoms with Gasteiger partial charge in [0.25, 0.3) is 0 Å². The van der Waals surface area contributed by atoms with Crippen molar-refractivity contribution < 1.29 is 33.8 Å². The van der Waals surface area contributed by atoms with Crippen LogP contribution < -0.4 is 10.6 Å². The summed E-state index contributed by atoms with van der Waals surface area (Å²) in [6.45, 7) is 7.73. The van der Waals surface area contributed by atoms with E-state index < -0.39 is 30.1 Å². The molecule has 0 saturated carbocycles. The smallest absolute Gasteiger partial charge is 0.408 e. The monoisotopic (exact) mass is 605 g/mol. The highest BCUT2D eigenvalue weighted by molar-refractivity contribution is 5.86. The minimum Gasteiger partial charge on any atom is -0.462 e. The maximum absolute atomic E-state index is 13.4. The first kappa shape index (κ1) is 34.1. The molecule has 4 unspecified atom stereocenters. The number of amides is 3. The molecule has 44 heavy (non-hydrogen) atoms. The van der Waals surface area contributed by atoms with Crippen LogP contribution in [-0.4, -0.2) is 71.8 Å². The molecule has 3 amide bonds. The molecule has 1 saturated heterocycles. The predicted molar refractivity (Wildman–Crippen MR) is 166 cm³/mol. The highest BCUT2D eigenvalue weighted by Gasteiger charge is 2.32. The summed E-state index contributed by atoms with van der Waals surface area (Å²) < 4.78 is 10.8. The van der Waals surface area contributed by atoms with Gasteiger partial charge < -0.3 is 30.1 Å². The minimum atomic E-state index is -1.03. The molecule has 10 nitrogen and oxygen atoms in total. The van der Waals surface area contributed by atoms with Gasteiger partial charge in [0.05, 0.1) is 24.6 Å². The number of alkyl carbamates (subject to hydrolysis) is 1. The van der Waals surface area contributed by atoms with Gasteiger partial charge in [0, 0.05) is 13.0 Å². The van der Waals surface area contributed by atoms with E-state index in [2.05, 4.69) is 23.8 Å². The van der Waals surface area contributed by atoms with Crippen LogP contribution in [-0.2, 0) is 36.9 Å². The van der Waals surface area contributed by atoms with Crippen molar-refractivity contribution in [3.8, 4) is 0 Å². The fourth-order valence-corrected chi connectivity index (χ4v) is 5.11. The molecule has 2 aromatic rings. The van der Waals surface area contributed by atoms with E-state index in [4.69, 9.17) is 9.47 Å². The number of carbonyl (C=O) groups excluding carboxylic acids is 4. The second kappa shape index (κ2) is 18.3. The third-order valence-corrected chi connectivity index (χ3v) is 7.44. The molecule has 10 heteroatoms. The van der Waals surface area contributed by atoms with Crippen LogP contribution in [0.5, 0.6) is 0 Å². The lowest BCUT2D eigenvalue weighted by Crippen LogP contribution is -2.47. The number of carbonyl (C=O) groups is 4. The van der Waals surface area contributed by atoms with Crippen LogP contribution >= 0.6 is 0 Å². The maximum atomic E-state index is 13.4. The highest BCUT2D eigenvalue weighted by Crippen LogP contribution is 2.21. The molecule has 3 rings (SSSR count). The molecule has 1 fully saturated rings. The van der Waals surface area contributed by atoms with E-state index >= 15 is 0 Å². The number of aliphatic hydroxyl groups excluding tert-OH is 1. The zero-order chi connectivity index (χ0) is 31.7. The molecule has 0 bridgehead atoms. The van der Waals surface area contributed by atoms with E-state index in [9.17, 15) is 24.3 Å². The Kier molecular flexibility index (Phi) is 14.1. The van der Waals surface area contributed by atoms with Crippen molar-refractivity contribution >= 4 is 23.9 Å².